The largest absolute Gasteiger partial charge is 0.489 e. The summed E-state index contributed by atoms with van der Waals surface area (Å²) in [6, 6.07) is 4.54. The molecule has 0 aliphatic carbocycles. The number of nitrogens with one attached hydrogen (secondary N) is 1. The highest BCUT2D eigenvalue weighted by Gasteiger charge is 2.39. The number of imide groups is 1. The molecule has 0 aromatic heterocycles. The molecule has 152 valence electrons. The minimum absolute atomic E-state index is 0.138. The second-order valence-electron chi connectivity index (χ2n) is 6.77. The molecule has 3 amide bonds. The zero-order valence-electron chi connectivity index (χ0n) is 15.7. The first-order chi connectivity index (χ1) is 14.0. The van der Waals surface area contributed by atoms with Gasteiger partial charge in [0.05, 0.1) is 12.4 Å². The highest BCUT2D eigenvalue weighted by Crippen LogP contribution is 2.33. The van der Waals surface area contributed by atoms with Gasteiger partial charge in [-0.3, -0.25) is 24.5 Å². The smallest absolute Gasteiger partial charge is 0.255 e. The number of alkyl halides is 1. The molecule has 1 aromatic rings. The predicted octanol–water partition coefficient (Wildman–Crippen LogP) is 2.14. The van der Waals surface area contributed by atoms with Crippen LogP contribution in [0, 0.1) is 0 Å². The Morgan fingerprint density at radius 1 is 1.31 bits per heavy atom. The van der Waals surface area contributed by atoms with Crippen molar-refractivity contribution in [1.29, 1.82) is 0 Å². The van der Waals surface area contributed by atoms with Gasteiger partial charge in [-0.15, -0.1) is 11.6 Å². The van der Waals surface area contributed by atoms with Crippen molar-refractivity contribution in [3.63, 3.8) is 0 Å². The number of hydrogen-bond acceptors (Lipinski definition) is 5. The van der Waals surface area contributed by atoms with E-state index in [4.69, 9.17) is 16.3 Å². The van der Waals surface area contributed by atoms with Crippen LogP contribution in [0.25, 0.3) is 0 Å². The van der Waals surface area contributed by atoms with Crippen molar-refractivity contribution in [3.8, 4) is 5.75 Å². The number of halogens is 1. The van der Waals surface area contributed by atoms with Crippen LogP contribution in [0.5, 0.6) is 5.75 Å². The van der Waals surface area contributed by atoms with E-state index in [9.17, 15) is 19.2 Å². The monoisotopic (exact) mass is 416 g/mol. The number of hydrogen-bond donors (Lipinski definition) is 1. The summed E-state index contributed by atoms with van der Waals surface area (Å²) < 4.78 is 5.78. The lowest BCUT2D eigenvalue weighted by atomic mass is 10.1. The number of fused-ring (bicyclic) bond motifs is 1. The number of amides is 3. The van der Waals surface area contributed by atoms with E-state index in [-0.39, 0.29) is 37.3 Å². The second kappa shape index (κ2) is 9.52. The number of allylic oxidation sites excluding steroid dienone is 3. The Kier molecular flexibility index (Phi) is 6.82. The fourth-order valence-corrected chi connectivity index (χ4v) is 3.53. The zero-order chi connectivity index (χ0) is 20.8. The van der Waals surface area contributed by atoms with E-state index < -0.39 is 11.9 Å². The predicted molar refractivity (Wildman–Crippen MR) is 107 cm³/mol. The number of benzene rings is 1. The molecule has 29 heavy (non-hydrogen) atoms. The van der Waals surface area contributed by atoms with E-state index in [1.807, 2.05) is 0 Å². The van der Waals surface area contributed by atoms with E-state index in [0.717, 1.165) is 5.56 Å². The molecule has 1 atom stereocenters. The average Bonchev–Trinajstić information content (AvgIpc) is 2.95. The fraction of sp³-hybridized carbons (Fsp3) is 0.333. The average molecular weight is 417 g/mol. The summed E-state index contributed by atoms with van der Waals surface area (Å²) in [6.07, 6.45) is 6.99. The van der Waals surface area contributed by atoms with Gasteiger partial charge in [-0.1, -0.05) is 18.2 Å². The molecule has 0 spiro atoms. The van der Waals surface area contributed by atoms with Crippen LogP contribution in [0.15, 0.2) is 42.0 Å². The molecule has 1 saturated heterocycles. The number of ether oxygens (including phenoxy) is 1. The molecule has 8 heteroatoms. The number of rotatable bonds is 7. The van der Waals surface area contributed by atoms with Crippen molar-refractivity contribution in [2.24, 2.45) is 0 Å². The summed E-state index contributed by atoms with van der Waals surface area (Å²) in [5, 5.41) is 2.35. The van der Waals surface area contributed by atoms with Crippen LogP contribution in [-0.2, 0) is 20.9 Å². The number of carbonyl (C=O) groups is 4. The minimum Gasteiger partial charge on any atom is -0.489 e. The molecular weight excluding hydrogens is 396 g/mol. The normalized spacial score (nSPS) is 19.9. The zero-order valence-corrected chi connectivity index (χ0v) is 16.5. The first-order valence-corrected chi connectivity index (χ1v) is 9.84. The van der Waals surface area contributed by atoms with Gasteiger partial charge in [-0.2, -0.15) is 0 Å². The summed E-state index contributed by atoms with van der Waals surface area (Å²) in [6.45, 7) is 0.496. The molecule has 2 aliphatic rings. The summed E-state index contributed by atoms with van der Waals surface area (Å²) in [4.78, 5) is 48.9. The molecule has 0 radical (unpaired) electrons. The summed E-state index contributed by atoms with van der Waals surface area (Å²) >= 11 is 5.61. The lowest BCUT2D eigenvalue weighted by Crippen LogP contribution is -2.46. The first kappa shape index (κ1) is 20.8. The maximum atomic E-state index is 12.8. The van der Waals surface area contributed by atoms with Gasteiger partial charge in [0.2, 0.25) is 11.8 Å². The van der Waals surface area contributed by atoms with Crippen LogP contribution in [0.2, 0.25) is 0 Å². The third-order valence-electron chi connectivity index (χ3n) is 4.86. The van der Waals surface area contributed by atoms with Gasteiger partial charge in [0.25, 0.3) is 5.91 Å². The van der Waals surface area contributed by atoms with Gasteiger partial charge >= 0.3 is 0 Å². The van der Waals surface area contributed by atoms with Crippen molar-refractivity contribution in [1.82, 2.24) is 10.2 Å². The summed E-state index contributed by atoms with van der Waals surface area (Å²) in [5.41, 5.74) is 1.68. The van der Waals surface area contributed by atoms with Gasteiger partial charge < -0.3 is 9.64 Å². The standard InChI is InChI=1S/C21H21ClN2O5/c22-11-14(13-25)5-1-2-10-29-18-8-3-6-15-16(18)12-24(21(15)28)17-7-4-9-19(26)23-20(17)27/h1-3,5-6,8,13,17H,4,7,9-12H2,(H,23,26,27)/b2-1+,14-5+/t17-/m0/s1. The van der Waals surface area contributed by atoms with Crippen LogP contribution in [-0.4, -0.2) is 47.4 Å². The van der Waals surface area contributed by atoms with E-state index in [0.29, 0.717) is 36.0 Å². The van der Waals surface area contributed by atoms with Gasteiger partial charge in [-0.05, 0) is 31.1 Å². The summed E-state index contributed by atoms with van der Waals surface area (Å²) in [5.74, 6) is -0.283. The maximum Gasteiger partial charge on any atom is 0.255 e. The fourth-order valence-electron chi connectivity index (χ4n) is 3.38. The van der Waals surface area contributed by atoms with Crippen LogP contribution in [0.3, 0.4) is 0 Å². The van der Waals surface area contributed by atoms with Crippen LogP contribution in [0.4, 0.5) is 0 Å². The van der Waals surface area contributed by atoms with Gasteiger partial charge in [-0.25, -0.2) is 0 Å². The first-order valence-electron chi connectivity index (χ1n) is 9.31. The van der Waals surface area contributed by atoms with E-state index >= 15 is 0 Å². The molecule has 2 aliphatic heterocycles. The van der Waals surface area contributed by atoms with Crippen LogP contribution in [0.1, 0.15) is 35.2 Å². The van der Waals surface area contributed by atoms with Crippen molar-refractivity contribution in [2.45, 2.75) is 31.8 Å². The molecule has 3 rings (SSSR count). The lowest BCUT2D eigenvalue weighted by molar-refractivity contribution is -0.132. The van der Waals surface area contributed by atoms with Crippen molar-refractivity contribution >= 4 is 35.6 Å². The Hall–Kier alpha value is -2.93. The Balaban J connectivity index is 1.71. The summed E-state index contributed by atoms with van der Waals surface area (Å²) in [7, 11) is 0. The van der Waals surface area contributed by atoms with Crippen LogP contribution >= 0.6 is 11.6 Å². The Labute approximate surface area is 173 Å². The van der Waals surface area contributed by atoms with Crippen molar-refractivity contribution < 1.29 is 23.9 Å². The molecule has 1 N–H and O–H groups in total. The van der Waals surface area contributed by atoms with Gasteiger partial charge in [0, 0.05) is 23.1 Å². The lowest BCUT2D eigenvalue weighted by Gasteiger charge is -2.24. The SMILES string of the molecule is O=C/C(=C/C=C/COc1cccc2c1CN([C@H]1CCCC(=O)NC1=O)C2=O)CCl. The quantitative estimate of drug-likeness (QED) is 0.242. The molecule has 7 nitrogen and oxygen atoms in total. The highest BCUT2D eigenvalue weighted by molar-refractivity contribution is 6.21. The van der Waals surface area contributed by atoms with E-state index in [1.54, 1.807) is 36.4 Å². The molecule has 1 aromatic carbocycles. The molecule has 1 fully saturated rings. The van der Waals surface area contributed by atoms with E-state index in [2.05, 4.69) is 5.32 Å². The highest BCUT2D eigenvalue weighted by atomic mass is 35.5. The number of carbonyl (C=O) groups excluding carboxylic acids is 4. The third kappa shape index (κ3) is 4.74. The molecule has 2 heterocycles. The molecular formula is C21H21ClN2O5. The molecule has 0 unspecified atom stereocenters. The number of aldehydes is 1. The Morgan fingerprint density at radius 3 is 2.90 bits per heavy atom. The van der Waals surface area contributed by atoms with Crippen molar-refractivity contribution in [2.75, 3.05) is 12.5 Å². The topological polar surface area (TPSA) is 92.8 Å². The van der Waals surface area contributed by atoms with Crippen LogP contribution < -0.4 is 10.1 Å². The Morgan fingerprint density at radius 2 is 2.14 bits per heavy atom. The number of nitrogens with zero attached hydrogens (tertiary/aromatic N) is 1. The second-order valence-corrected chi connectivity index (χ2v) is 7.04. The Bertz CT molecular complexity index is 893. The molecule has 0 bridgehead atoms. The maximum absolute atomic E-state index is 12.8. The van der Waals surface area contributed by atoms with Gasteiger partial charge in [0.1, 0.15) is 24.7 Å². The van der Waals surface area contributed by atoms with E-state index in [1.165, 1.54) is 4.90 Å². The minimum atomic E-state index is -0.670. The third-order valence-corrected chi connectivity index (χ3v) is 5.17. The molecule has 0 saturated carbocycles. The van der Waals surface area contributed by atoms with Crippen molar-refractivity contribution in [3.05, 3.63) is 53.1 Å². The van der Waals surface area contributed by atoms with Gasteiger partial charge in [0.15, 0.2) is 0 Å².